The summed E-state index contributed by atoms with van der Waals surface area (Å²) in [6, 6.07) is 4.13. The fourth-order valence-electron chi connectivity index (χ4n) is 1.80. The first kappa shape index (κ1) is 15.7. The molecule has 1 unspecified atom stereocenters. The molecule has 1 fully saturated rings. The van der Waals surface area contributed by atoms with Gasteiger partial charge in [0.05, 0.1) is 31.5 Å². The SMILES string of the molecule is O=C(NCC1COCCO1)Nc1ccc(Br)c(C(=O)O)c1. The quantitative estimate of drug-likeness (QED) is 0.760. The molecule has 0 spiro atoms. The second-order valence-electron chi connectivity index (χ2n) is 4.40. The number of carbonyl (C=O) groups is 2. The highest BCUT2D eigenvalue weighted by Crippen LogP contribution is 2.21. The number of hydrogen-bond acceptors (Lipinski definition) is 4. The van der Waals surface area contributed by atoms with Crippen LogP contribution >= 0.6 is 15.9 Å². The first-order chi connectivity index (χ1) is 10.1. The Balaban J connectivity index is 1.87. The Morgan fingerprint density at radius 3 is 2.86 bits per heavy atom. The van der Waals surface area contributed by atoms with Crippen LogP contribution in [0.15, 0.2) is 22.7 Å². The molecular formula is C13H15BrN2O5. The van der Waals surface area contributed by atoms with Crippen molar-refractivity contribution in [2.75, 3.05) is 31.7 Å². The zero-order valence-electron chi connectivity index (χ0n) is 11.1. The van der Waals surface area contributed by atoms with Crippen molar-refractivity contribution in [3.8, 4) is 0 Å². The lowest BCUT2D eigenvalue weighted by Crippen LogP contribution is -2.41. The number of carboxylic acid groups (broad SMARTS) is 1. The first-order valence-corrected chi connectivity index (χ1v) is 7.12. The number of amides is 2. The largest absolute Gasteiger partial charge is 0.478 e. The normalized spacial score (nSPS) is 18.0. The molecular weight excluding hydrogens is 344 g/mol. The topological polar surface area (TPSA) is 96.9 Å². The summed E-state index contributed by atoms with van der Waals surface area (Å²) in [6.45, 7) is 1.86. The number of benzene rings is 1. The Kier molecular flexibility index (Phi) is 5.54. The lowest BCUT2D eigenvalue weighted by molar-refractivity contribution is -0.0852. The van der Waals surface area contributed by atoms with Crippen LogP contribution in [0.25, 0.3) is 0 Å². The number of aromatic carboxylic acids is 1. The van der Waals surface area contributed by atoms with Gasteiger partial charge in [0.2, 0.25) is 0 Å². The lowest BCUT2D eigenvalue weighted by atomic mass is 10.2. The Hall–Kier alpha value is -1.64. The number of ether oxygens (including phenoxy) is 2. The van der Waals surface area contributed by atoms with Crippen molar-refractivity contribution in [3.63, 3.8) is 0 Å². The Morgan fingerprint density at radius 1 is 1.38 bits per heavy atom. The number of rotatable bonds is 4. The molecule has 21 heavy (non-hydrogen) atoms. The third-order valence-corrected chi connectivity index (χ3v) is 3.52. The summed E-state index contributed by atoms with van der Waals surface area (Å²) < 4.78 is 11.1. The van der Waals surface area contributed by atoms with Crippen molar-refractivity contribution in [1.29, 1.82) is 0 Å². The average Bonchev–Trinajstić information content (AvgIpc) is 2.48. The van der Waals surface area contributed by atoms with E-state index in [1.165, 1.54) is 6.07 Å². The van der Waals surface area contributed by atoms with Gasteiger partial charge in [0.1, 0.15) is 0 Å². The minimum Gasteiger partial charge on any atom is -0.478 e. The van der Waals surface area contributed by atoms with Crippen LogP contribution in [0.5, 0.6) is 0 Å². The predicted molar refractivity (Wildman–Crippen MR) is 78.7 cm³/mol. The van der Waals surface area contributed by atoms with Gasteiger partial charge in [0.15, 0.2) is 0 Å². The van der Waals surface area contributed by atoms with Crippen molar-refractivity contribution in [1.82, 2.24) is 5.32 Å². The molecule has 1 heterocycles. The van der Waals surface area contributed by atoms with Crippen LogP contribution in [0.2, 0.25) is 0 Å². The van der Waals surface area contributed by atoms with Gasteiger partial charge in [-0.05, 0) is 34.1 Å². The van der Waals surface area contributed by atoms with E-state index in [4.69, 9.17) is 14.6 Å². The highest BCUT2D eigenvalue weighted by Gasteiger charge is 2.15. The number of nitrogens with one attached hydrogen (secondary N) is 2. The molecule has 0 bridgehead atoms. The second-order valence-corrected chi connectivity index (χ2v) is 5.26. The third-order valence-electron chi connectivity index (χ3n) is 2.83. The molecule has 1 aromatic rings. The smallest absolute Gasteiger partial charge is 0.336 e. The van der Waals surface area contributed by atoms with E-state index < -0.39 is 12.0 Å². The van der Waals surface area contributed by atoms with E-state index in [0.29, 0.717) is 36.5 Å². The summed E-state index contributed by atoms with van der Waals surface area (Å²) in [5, 5.41) is 14.2. The minimum atomic E-state index is -1.07. The summed E-state index contributed by atoms with van der Waals surface area (Å²) >= 11 is 3.14. The van der Waals surface area contributed by atoms with Crippen LogP contribution < -0.4 is 10.6 Å². The molecule has 0 saturated carbocycles. The monoisotopic (exact) mass is 358 g/mol. The molecule has 1 aliphatic rings. The fourth-order valence-corrected chi connectivity index (χ4v) is 2.22. The van der Waals surface area contributed by atoms with Crippen LogP contribution in [-0.2, 0) is 9.47 Å². The fraction of sp³-hybridized carbons (Fsp3) is 0.385. The first-order valence-electron chi connectivity index (χ1n) is 6.33. The maximum absolute atomic E-state index is 11.7. The van der Waals surface area contributed by atoms with E-state index in [1.54, 1.807) is 12.1 Å². The van der Waals surface area contributed by atoms with Crippen LogP contribution in [0.1, 0.15) is 10.4 Å². The molecule has 1 aliphatic heterocycles. The molecule has 0 aromatic heterocycles. The predicted octanol–water partition coefficient (Wildman–Crippen LogP) is 1.68. The molecule has 2 amide bonds. The zero-order valence-corrected chi connectivity index (χ0v) is 12.7. The van der Waals surface area contributed by atoms with E-state index in [2.05, 4.69) is 26.6 Å². The van der Waals surface area contributed by atoms with Gasteiger partial charge in [-0.1, -0.05) is 0 Å². The number of carboxylic acids is 1. The zero-order chi connectivity index (χ0) is 15.2. The van der Waals surface area contributed by atoms with Crippen LogP contribution in [-0.4, -0.2) is 49.6 Å². The van der Waals surface area contributed by atoms with Crippen molar-refractivity contribution >= 4 is 33.6 Å². The van der Waals surface area contributed by atoms with Crippen molar-refractivity contribution in [2.24, 2.45) is 0 Å². The van der Waals surface area contributed by atoms with Gasteiger partial charge < -0.3 is 25.2 Å². The maximum atomic E-state index is 11.7. The third kappa shape index (κ3) is 4.69. The maximum Gasteiger partial charge on any atom is 0.336 e. The van der Waals surface area contributed by atoms with Gasteiger partial charge in [-0.2, -0.15) is 0 Å². The van der Waals surface area contributed by atoms with Crippen molar-refractivity contribution < 1.29 is 24.2 Å². The van der Waals surface area contributed by atoms with Gasteiger partial charge in [0, 0.05) is 16.7 Å². The van der Waals surface area contributed by atoms with E-state index in [1.807, 2.05) is 0 Å². The molecule has 0 aliphatic carbocycles. The summed E-state index contributed by atoms with van der Waals surface area (Å²) in [7, 11) is 0. The second kappa shape index (κ2) is 7.39. The van der Waals surface area contributed by atoms with Crippen LogP contribution in [0, 0.1) is 0 Å². The molecule has 0 radical (unpaired) electrons. The molecule has 1 aromatic carbocycles. The lowest BCUT2D eigenvalue weighted by Gasteiger charge is -2.23. The van der Waals surface area contributed by atoms with Gasteiger partial charge in [0.25, 0.3) is 0 Å². The molecule has 7 nitrogen and oxygen atoms in total. The molecule has 8 heteroatoms. The highest BCUT2D eigenvalue weighted by atomic mass is 79.9. The summed E-state index contributed by atoms with van der Waals surface area (Å²) in [6.07, 6.45) is -0.163. The standard InChI is InChI=1S/C13H15BrN2O5/c14-11-2-1-8(5-10(11)12(17)18)16-13(19)15-6-9-7-20-3-4-21-9/h1-2,5,9H,3-4,6-7H2,(H,17,18)(H2,15,16,19). The highest BCUT2D eigenvalue weighted by molar-refractivity contribution is 9.10. The van der Waals surface area contributed by atoms with E-state index >= 15 is 0 Å². The van der Waals surface area contributed by atoms with Crippen molar-refractivity contribution in [3.05, 3.63) is 28.2 Å². The van der Waals surface area contributed by atoms with Crippen LogP contribution in [0.4, 0.5) is 10.5 Å². The van der Waals surface area contributed by atoms with Gasteiger partial charge >= 0.3 is 12.0 Å². The number of urea groups is 1. The van der Waals surface area contributed by atoms with E-state index in [9.17, 15) is 9.59 Å². The molecule has 3 N–H and O–H groups in total. The Bertz CT molecular complexity index is 531. The Labute approximate surface area is 129 Å². The van der Waals surface area contributed by atoms with Crippen molar-refractivity contribution in [2.45, 2.75) is 6.10 Å². The molecule has 2 rings (SSSR count). The van der Waals surface area contributed by atoms with Crippen LogP contribution in [0.3, 0.4) is 0 Å². The number of carbonyl (C=O) groups excluding carboxylic acids is 1. The summed E-state index contributed by atoms with van der Waals surface area (Å²) in [5.41, 5.74) is 0.478. The number of anilines is 1. The number of halogens is 1. The minimum absolute atomic E-state index is 0.0804. The van der Waals surface area contributed by atoms with Gasteiger partial charge in [-0.25, -0.2) is 9.59 Å². The van der Waals surface area contributed by atoms with Gasteiger partial charge in [-0.15, -0.1) is 0 Å². The van der Waals surface area contributed by atoms with E-state index in [-0.39, 0.29) is 11.7 Å². The van der Waals surface area contributed by atoms with Gasteiger partial charge in [-0.3, -0.25) is 0 Å². The molecule has 1 atom stereocenters. The summed E-state index contributed by atoms with van der Waals surface area (Å²) in [5.74, 6) is -1.07. The molecule has 1 saturated heterocycles. The summed E-state index contributed by atoms with van der Waals surface area (Å²) in [4.78, 5) is 22.7. The average molecular weight is 359 g/mol. The van der Waals surface area contributed by atoms with E-state index in [0.717, 1.165) is 0 Å². The number of hydrogen-bond donors (Lipinski definition) is 3. The Morgan fingerprint density at radius 2 is 2.19 bits per heavy atom. The molecule has 114 valence electrons.